The lowest BCUT2D eigenvalue weighted by molar-refractivity contribution is -0.143. The Kier molecular flexibility index (Phi) is 7.30. The van der Waals surface area contributed by atoms with Crippen LogP contribution in [0.1, 0.15) is 29.2 Å². The average molecular weight is 438 g/mol. The van der Waals surface area contributed by atoms with Crippen molar-refractivity contribution in [3.8, 4) is 0 Å². The van der Waals surface area contributed by atoms with Crippen LogP contribution in [0.5, 0.6) is 0 Å². The van der Waals surface area contributed by atoms with Crippen molar-refractivity contribution in [1.82, 2.24) is 14.7 Å². The first-order valence-corrected chi connectivity index (χ1v) is 12.2. The van der Waals surface area contributed by atoms with Crippen LogP contribution in [0, 0.1) is 0 Å². The molecule has 31 heavy (non-hydrogen) atoms. The molecule has 6 heteroatoms. The van der Waals surface area contributed by atoms with Crippen molar-refractivity contribution >= 4 is 23.6 Å². The summed E-state index contributed by atoms with van der Waals surface area (Å²) < 4.78 is 0. The quantitative estimate of drug-likeness (QED) is 0.696. The number of carbonyl (C=O) groups is 2. The number of hydrogen-bond acceptors (Lipinski definition) is 4. The lowest BCUT2D eigenvalue weighted by atomic mass is 10.0. The summed E-state index contributed by atoms with van der Waals surface area (Å²) >= 11 is 1.65. The van der Waals surface area contributed by atoms with Crippen molar-refractivity contribution in [3.05, 3.63) is 71.8 Å². The second-order valence-corrected chi connectivity index (χ2v) is 9.48. The summed E-state index contributed by atoms with van der Waals surface area (Å²) in [5, 5.41) is 0.0979. The van der Waals surface area contributed by atoms with Crippen LogP contribution in [0.2, 0.25) is 0 Å². The molecule has 1 atom stereocenters. The number of benzene rings is 2. The lowest BCUT2D eigenvalue weighted by Gasteiger charge is -2.36. The first-order valence-electron chi connectivity index (χ1n) is 11.1. The van der Waals surface area contributed by atoms with Gasteiger partial charge in [0.25, 0.3) is 0 Å². The van der Waals surface area contributed by atoms with E-state index >= 15 is 0 Å². The number of thioether (sulfide) groups is 1. The highest BCUT2D eigenvalue weighted by Gasteiger charge is 2.37. The molecule has 2 aliphatic heterocycles. The van der Waals surface area contributed by atoms with E-state index in [9.17, 15) is 9.59 Å². The first kappa shape index (κ1) is 21.9. The summed E-state index contributed by atoms with van der Waals surface area (Å²) in [6.45, 7) is 4.00. The third-order valence-corrected chi connectivity index (χ3v) is 7.54. The number of nitrogens with zero attached hydrogens (tertiary/aromatic N) is 3. The summed E-state index contributed by atoms with van der Waals surface area (Å²) in [5.74, 6) is 0.583. The van der Waals surface area contributed by atoms with Gasteiger partial charge in [-0.15, -0.1) is 11.8 Å². The zero-order valence-electron chi connectivity index (χ0n) is 18.2. The highest BCUT2D eigenvalue weighted by atomic mass is 32.2. The third-order valence-electron chi connectivity index (χ3n) is 6.25. The van der Waals surface area contributed by atoms with Crippen LogP contribution in [0.3, 0.4) is 0 Å². The van der Waals surface area contributed by atoms with Gasteiger partial charge in [0.05, 0.1) is 11.0 Å². The largest absolute Gasteiger partial charge is 0.338 e. The molecule has 2 aliphatic rings. The predicted molar refractivity (Wildman–Crippen MR) is 126 cm³/mol. The molecule has 2 heterocycles. The molecule has 0 spiro atoms. The zero-order valence-corrected chi connectivity index (χ0v) is 19.0. The van der Waals surface area contributed by atoms with E-state index in [1.54, 1.807) is 11.8 Å². The van der Waals surface area contributed by atoms with Crippen LogP contribution in [0.4, 0.5) is 0 Å². The normalized spacial score (nSPS) is 19.7. The summed E-state index contributed by atoms with van der Waals surface area (Å²) in [4.78, 5) is 32.3. The number of carbonyl (C=O) groups excluding carboxylic acids is 2. The predicted octanol–water partition coefficient (Wildman–Crippen LogP) is 3.27. The maximum atomic E-state index is 13.2. The van der Waals surface area contributed by atoms with Gasteiger partial charge >= 0.3 is 0 Å². The fourth-order valence-corrected chi connectivity index (χ4v) is 5.61. The summed E-state index contributed by atoms with van der Waals surface area (Å²) in [7, 11) is 2.08. The molecule has 0 aromatic heterocycles. The highest BCUT2D eigenvalue weighted by Crippen LogP contribution is 2.36. The van der Waals surface area contributed by atoms with Gasteiger partial charge in [0.15, 0.2) is 0 Å². The van der Waals surface area contributed by atoms with Crippen LogP contribution in [0.25, 0.3) is 0 Å². The second-order valence-electron chi connectivity index (χ2n) is 8.39. The van der Waals surface area contributed by atoms with Crippen LogP contribution in [-0.2, 0) is 9.59 Å². The minimum absolute atomic E-state index is 0.0758. The first-order chi connectivity index (χ1) is 15.1. The molecular formula is C25H31N3O2S. The number of likely N-dealkylation sites (N-methyl/N-ethyl adjacent to an activating group) is 1. The Bertz CT molecular complexity index is 829. The van der Waals surface area contributed by atoms with E-state index in [1.807, 2.05) is 46.2 Å². The van der Waals surface area contributed by atoms with Gasteiger partial charge in [0, 0.05) is 32.7 Å². The van der Waals surface area contributed by atoms with E-state index in [1.165, 1.54) is 11.1 Å². The second kappa shape index (κ2) is 10.3. The molecule has 2 fully saturated rings. The van der Waals surface area contributed by atoms with Crippen molar-refractivity contribution in [3.63, 3.8) is 0 Å². The SMILES string of the molecule is CN1CCN(C(=O)[C@H]2CCCN2C(=O)CSC(c2ccccc2)c2ccccc2)CC1. The Morgan fingerprint density at radius 2 is 1.48 bits per heavy atom. The van der Waals surface area contributed by atoms with E-state index < -0.39 is 0 Å². The lowest BCUT2D eigenvalue weighted by Crippen LogP contribution is -2.53. The Hall–Kier alpha value is -2.31. The number of likely N-dealkylation sites (tertiary alicyclic amines) is 1. The van der Waals surface area contributed by atoms with Crippen molar-refractivity contribution in [2.75, 3.05) is 45.5 Å². The standard InChI is InChI=1S/C25H31N3O2S/c1-26-15-17-27(18-16-26)25(30)22-13-8-14-28(22)23(29)19-31-24(20-9-4-2-5-10-20)21-11-6-3-7-12-21/h2-7,9-12,22,24H,8,13-19H2,1H3/t22-/m1/s1. The minimum atomic E-state index is -0.289. The minimum Gasteiger partial charge on any atom is -0.338 e. The summed E-state index contributed by atoms with van der Waals surface area (Å²) in [6.07, 6.45) is 1.68. The Morgan fingerprint density at radius 1 is 0.903 bits per heavy atom. The van der Waals surface area contributed by atoms with E-state index in [0.29, 0.717) is 12.3 Å². The van der Waals surface area contributed by atoms with Gasteiger partial charge < -0.3 is 14.7 Å². The van der Waals surface area contributed by atoms with Gasteiger partial charge in [-0.25, -0.2) is 0 Å². The molecule has 0 saturated carbocycles. The number of amides is 2. The van der Waals surface area contributed by atoms with Crippen molar-refractivity contribution in [2.24, 2.45) is 0 Å². The molecule has 2 amide bonds. The van der Waals surface area contributed by atoms with E-state index in [0.717, 1.165) is 39.0 Å². The smallest absolute Gasteiger partial charge is 0.245 e. The monoisotopic (exact) mass is 437 g/mol. The zero-order chi connectivity index (χ0) is 21.6. The molecule has 5 nitrogen and oxygen atoms in total. The van der Waals surface area contributed by atoms with Crippen molar-refractivity contribution in [2.45, 2.75) is 24.1 Å². The van der Waals surface area contributed by atoms with Crippen LogP contribution in [0.15, 0.2) is 60.7 Å². The highest BCUT2D eigenvalue weighted by molar-refractivity contribution is 8.00. The fourth-order valence-electron chi connectivity index (χ4n) is 4.44. The Balaban J connectivity index is 1.42. The maximum Gasteiger partial charge on any atom is 0.245 e. The van der Waals surface area contributed by atoms with Crippen molar-refractivity contribution < 1.29 is 9.59 Å². The maximum absolute atomic E-state index is 13.2. The van der Waals surface area contributed by atoms with Gasteiger partial charge in [0.1, 0.15) is 6.04 Å². The fraction of sp³-hybridized carbons (Fsp3) is 0.440. The Morgan fingerprint density at radius 3 is 2.06 bits per heavy atom. The van der Waals surface area contributed by atoms with Gasteiger partial charge in [-0.1, -0.05) is 60.7 Å². The summed E-state index contributed by atoms with van der Waals surface area (Å²) in [6, 6.07) is 20.4. The molecular weight excluding hydrogens is 406 g/mol. The number of rotatable bonds is 6. The van der Waals surface area contributed by atoms with Crippen LogP contribution < -0.4 is 0 Å². The molecule has 2 aromatic carbocycles. The molecule has 0 bridgehead atoms. The molecule has 0 aliphatic carbocycles. The van der Waals surface area contributed by atoms with Crippen LogP contribution >= 0.6 is 11.8 Å². The molecule has 0 radical (unpaired) electrons. The topological polar surface area (TPSA) is 43.9 Å². The van der Waals surface area contributed by atoms with Gasteiger partial charge in [-0.2, -0.15) is 0 Å². The van der Waals surface area contributed by atoms with Gasteiger partial charge in [-0.05, 0) is 31.0 Å². The molecule has 0 N–H and O–H groups in total. The third kappa shape index (κ3) is 5.31. The van der Waals surface area contributed by atoms with E-state index in [2.05, 4.69) is 36.2 Å². The van der Waals surface area contributed by atoms with E-state index in [4.69, 9.17) is 0 Å². The average Bonchev–Trinajstić information content (AvgIpc) is 3.31. The van der Waals surface area contributed by atoms with Crippen LogP contribution in [-0.4, -0.2) is 78.1 Å². The van der Waals surface area contributed by atoms with Gasteiger partial charge in [0.2, 0.25) is 11.8 Å². The number of piperazine rings is 1. The molecule has 0 unspecified atom stereocenters. The Labute approximate surface area is 189 Å². The molecule has 2 saturated heterocycles. The molecule has 2 aromatic rings. The molecule has 4 rings (SSSR count). The van der Waals surface area contributed by atoms with E-state index in [-0.39, 0.29) is 23.1 Å². The molecule has 164 valence electrons. The van der Waals surface area contributed by atoms with Gasteiger partial charge in [-0.3, -0.25) is 9.59 Å². The summed E-state index contributed by atoms with van der Waals surface area (Å²) in [5.41, 5.74) is 2.39. The van der Waals surface area contributed by atoms with Crippen molar-refractivity contribution in [1.29, 1.82) is 0 Å². The number of hydrogen-bond donors (Lipinski definition) is 0.